The molecule has 1 heteroatoms. The molecule has 0 atom stereocenters. The Kier molecular flexibility index (Phi) is 4.53. The second-order valence-corrected chi connectivity index (χ2v) is 6.96. The van der Waals surface area contributed by atoms with E-state index >= 15 is 0 Å². The van der Waals surface area contributed by atoms with Crippen LogP contribution in [0.5, 0.6) is 0 Å². The first-order valence-electron chi connectivity index (χ1n) is 8.64. The standard InChI is InChI=1S/C23H26N/c1-16(2)21-14-23(24(5)15-18(21)4)22-13-20(12-11-17(22)3)19-9-7-6-8-10-19/h6-16H,1-5H3/q+1. The molecule has 0 spiro atoms. The van der Waals surface area contributed by atoms with Crippen LogP contribution in [0.3, 0.4) is 0 Å². The predicted molar refractivity (Wildman–Crippen MR) is 102 cm³/mol. The lowest BCUT2D eigenvalue weighted by molar-refractivity contribution is -0.660. The van der Waals surface area contributed by atoms with Gasteiger partial charge in [0.05, 0.1) is 0 Å². The number of hydrogen-bond acceptors (Lipinski definition) is 0. The Balaban J connectivity index is 2.18. The molecule has 0 aliphatic rings. The van der Waals surface area contributed by atoms with E-state index in [1.807, 2.05) is 0 Å². The average Bonchev–Trinajstić information content (AvgIpc) is 2.56. The van der Waals surface area contributed by atoms with Gasteiger partial charge in [-0.25, -0.2) is 4.57 Å². The van der Waals surface area contributed by atoms with Gasteiger partial charge < -0.3 is 0 Å². The van der Waals surface area contributed by atoms with Crippen LogP contribution in [0.4, 0.5) is 0 Å². The quantitative estimate of drug-likeness (QED) is 0.555. The van der Waals surface area contributed by atoms with Crippen molar-refractivity contribution in [2.45, 2.75) is 33.6 Å². The molecule has 0 saturated carbocycles. The van der Waals surface area contributed by atoms with E-state index in [2.05, 4.69) is 100 Å². The number of aryl methyl sites for hydroxylation is 3. The first kappa shape index (κ1) is 16.4. The van der Waals surface area contributed by atoms with Gasteiger partial charge in [-0.15, -0.1) is 0 Å². The number of aromatic nitrogens is 1. The Labute approximate surface area is 145 Å². The van der Waals surface area contributed by atoms with E-state index in [1.165, 1.54) is 39.1 Å². The van der Waals surface area contributed by atoms with Gasteiger partial charge in [0.25, 0.3) is 0 Å². The van der Waals surface area contributed by atoms with Crippen LogP contribution < -0.4 is 4.57 Å². The first-order chi connectivity index (χ1) is 11.5. The van der Waals surface area contributed by atoms with E-state index < -0.39 is 0 Å². The zero-order valence-electron chi connectivity index (χ0n) is 15.3. The van der Waals surface area contributed by atoms with Crippen LogP contribution in [0, 0.1) is 13.8 Å². The monoisotopic (exact) mass is 316 g/mol. The maximum absolute atomic E-state index is 2.36. The molecule has 2 aromatic carbocycles. The lowest BCUT2D eigenvalue weighted by atomic mass is 9.93. The summed E-state index contributed by atoms with van der Waals surface area (Å²) in [5, 5.41) is 0. The number of benzene rings is 2. The molecule has 0 bridgehead atoms. The largest absolute Gasteiger partial charge is 0.212 e. The number of pyridine rings is 1. The summed E-state index contributed by atoms with van der Waals surface area (Å²) >= 11 is 0. The molecular formula is C23H26N+. The molecule has 0 aliphatic heterocycles. The van der Waals surface area contributed by atoms with Crippen LogP contribution in [0.2, 0.25) is 0 Å². The van der Waals surface area contributed by atoms with Gasteiger partial charge in [0.15, 0.2) is 6.20 Å². The summed E-state index contributed by atoms with van der Waals surface area (Å²) in [6, 6.07) is 19.7. The van der Waals surface area contributed by atoms with Crippen molar-refractivity contribution in [2.75, 3.05) is 0 Å². The van der Waals surface area contributed by atoms with E-state index in [0.29, 0.717) is 5.92 Å². The summed E-state index contributed by atoms with van der Waals surface area (Å²) in [7, 11) is 2.14. The fourth-order valence-electron chi connectivity index (χ4n) is 3.40. The summed E-state index contributed by atoms with van der Waals surface area (Å²) in [5.41, 5.74) is 9.20. The fraction of sp³-hybridized carbons (Fsp3) is 0.261. The van der Waals surface area contributed by atoms with Crippen LogP contribution in [0.25, 0.3) is 22.4 Å². The highest BCUT2D eigenvalue weighted by Gasteiger charge is 2.17. The third-order valence-corrected chi connectivity index (χ3v) is 4.76. The Morgan fingerprint density at radius 3 is 2.17 bits per heavy atom. The molecular weight excluding hydrogens is 290 g/mol. The van der Waals surface area contributed by atoms with Crippen LogP contribution >= 0.6 is 0 Å². The zero-order valence-corrected chi connectivity index (χ0v) is 15.3. The van der Waals surface area contributed by atoms with Crippen LogP contribution in [-0.2, 0) is 7.05 Å². The number of hydrogen-bond donors (Lipinski definition) is 0. The summed E-state index contributed by atoms with van der Waals surface area (Å²) in [5.74, 6) is 0.530. The maximum Gasteiger partial charge on any atom is 0.212 e. The normalized spacial score (nSPS) is 11.1. The van der Waals surface area contributed by atoms with Crippen molar-refractivity contribution < 1.29 is 4.57 Å². The van der Waals surface area contributed by atoms with Gasteiger partial charge in [-0.3, -0.25) is 0 Å². The molecule has 24 heavy (non-hydrogen) atoms. The van der Waals surface area contributed by atoms with Crippen LogP contribution in [-0.4, -0.2) is 0 Å². The summed E-state index contributed by atoms with van der Waals surface area (Å²) in [6.45, 7) is 8.92. The molecule has 3 rings (SSSR count). The Hall–Kier alpha value is -2.41. The third kappa shape index (κ3) is 3.12. The Bertz CT molecular complexity index is 861. The molecule has 0 amide bonds. The van der Waals surface area contributed by atoms with Crippen molar-refractivity contribution in [1.29, 1.82) is 0 Å². The molecule has 3 aromatic rings. The first-order valence-corrected chi connectivity index (χ1v) is 8.64. The second kappa shape index (κ2) is 6.60. The van der Waals surface area contributed by atoms with Gasteiger partial charge in [-0.2, -0.15) is 0 Å². The minimum absolute atomic E-state index is 0.530. The van der Waals surface area contributed by atoms with Crippen molar-refractivity contribution >= 4 is 0 Å². The molecule has 0 radical (unpaired) electrons. The van der Waals surface area contributed by atoms with E-state index in [0.717, 1.165) is 0 Å². The highest BCUT2D eigenvalue weighted by atomic mass is 14.9. The zero-order chi connectivity index (χ0) is 17.3. The number of nitrogens with zero attached hydrogens (tertiary/aromatic N) is 1. The van der Waals surface area contributed by atoms with E-state index in [1.54, 1.807) is 0 Å². The molecule has 1 nitrogen and oxygen atoms in total. The average molecular weight is 316 g/mol. The molecule has 122 valence electrons. The highest BCUT2D eigenvalue weighted by Crippen LogP contribution is 2.30. The van der Waals surface area contributed by atoms with Gasteiger partial charge in [-0.05, 0) is 48.1 Å². The van der Waals surface area contributed by atoms with Crippen LogP contribution in [0.15, 0.2) is 60.8 Å². The van der Waals surface area contributed by atoms with Crippen molar-refractivity contribution in [2.24, 2.45) is 7.05 Å². The third-order valence-electron chi connectivity index (χ3n) is 4.76. The maximum atomic E-state index is 2.36. The van der Waals surface area contributed by atoms with Gasteiger partial charge in [0, 0.05) is 17.2 Å². The Morgan fingerprint density at radius 1 is 0.792 bits per heavy atom. The van der Waals surface area contributed by atoms with Crippen molar-refractivity contribution in [3.8, 4) is 22.4 Å². The van der Waals surface area contributed by atoms with E-state index in [-0.39, 0.29) is 0 Å². The van der Waals surface area contributed by atoms with Gasteiger partial charge >= 0.3 is 0 Å². The SMILES string of the molecule is Cc1ccc(-c2ccccc2)cc1-c1cc(C(C)C)c(C)c[n+]1C. The molecule has 0 saturated heterocycles. The summed E-state index contributed by atoms with van der Waals surface area (Å²) in [6.07, 6.45) is 2.25. The summed E-state index contributed by atoms with van der Waals surface area (Å²) < 4.78 is 2.25. The lowest BCUT2D eigenvalue weighted by Gasteiger charge is -2.13. The summed E-state index contributed by atoms with van der Waals surface area (Å²) in [4.78, 5) is 0. The van der Waals surface area contributed by atoms with Crippen molar-refractivity contribution in [1.82, 2.24) is 0 Å². The topological polar surface area (TPSA) is 3.88 Å². The van der Waals surface area contributed by atoms with Gasteiger partial charge in [0.2, 0.25) is 5.69 Å². The Morgan fingerprint density at radius 2 is 1.50 bits per heavy atom. The van der Waals surface area contributed by atoms with Gasteiger partial charge in [-0.1, -0.05) is 56.3 Å². The molecule has 0 N–H and O–H groups in total. The van der Waals surface area contributed by atoms with Crippen LogP contribution in [0.1, 0.15) is 36.5 Å². The van der Waals surface area contributed by atoms with E-state index in [9.17, 15) is 0 Å². The lowest BCUT2D eigenvalue weighted by Crippen LogP contribution is -2.32. The number of rotatable bonds is 3. The molecule has 0 unspecified atom stereocenters. The minimum atomic E-state index is 0.530. The minimum Gasteiger partial charge on any atom is -0.201 e. The van der Waals surface area contributed by atoms with E-state index in [4.69, 9.17) is 0 Å². The molecule has 1 heterocycles. The van der Waals surface area contributed by atoms with Gasteiger partial charge in [0.1, 0.15) is 7.05 Å². The molecule has 0 aliphatic carbocycles. The molecule has 0 fully saturated rings. The second-order valence-electron chi connectivity index (χ2n) is 6.96. The predicted octanol–water partition coefficient (Wildman–Crippen LogP) is 5.59. The molecule has 1 aromatic heterocycles. The fourth-order valence-corrected chi connectivity index (χ4v) is 3.40. The van der Waals surface area contributed by atoms with Crippen molar-refractivity contribution in [3.63, 3.8) is 0 Å². The smallest absolute Gasteiger partial charge is 0.201 e. The highest BCUT2D eigenvalue weighted by molar-refractivity contribution is 5.73. The van der Waals surface area contributed by atoms with Crippen molar-refractivity contribution in [3.05, 3.63) is 77.5 Å².